The number of nitrogens with two attached hydrogens (primary N) is 1. The molecule has 0 aliphatic heterocycles. The zero-order valence-electron chi connectivity index (χ0n) is 12.7. The lowest BCUT2D eigenvalue weighted by Crippen LogP contribution is -2.14. The van der Waals surface area contributed by atoms with E-state index in [0.29, 0.717) is 16.3 Å². The van der Waals surface area contributed by atoms with Crippen molar-refractivity contribution in [2.45, 2.75) is 4.90 Å². The van der Waals surface area contributed by atoms with E-state index in [1.54, 1.807) is 30.5 Å². The largest absolute Gasteiger partial charge is 0.321 e. The van der Waals surface area contributed by atoms with Crippen LogP contribution in [-0.4, -0.2) is 24.5 Å². The van der Waals surface area contributed by atoms with Gasteiger partial charge in [-0.05, 0) is 42.0 Å². The first kappa shape index (κ1) is 17.2. The SMILES string of the molecule is NS(=O)(=O)c1ccc(NC(=O)c2[nH]ncc2-c2ccc(Cl)cc2)cc1. The van der Waals surface area contributed by atoms with Gasteiger partial charge in [-0.3, -0.25) is 9.89 Å². The number of sulfonamides is 1. The lowest BCUT2D eigenvalue weighted by Gasteiger charge is -2.07. The molecule has 0 spiro atoms. The van der Waals surface area contributed by atoms with Crippen LogP contribution >= 0.6 is 11.6 Å². The number of nitrogens with zero attached hydrogens (tertiary/aromatic N) is 1. The molecule has 2 aromatic carbocycles. The average Bonchev–Trinajstić information content (AvgIpc) is 3.05. The van der Waals surface area contributed by atoms with Crippen molar-refractivity contribution in [1.82, 2.24) is 10.2 Å². The molecule has 128 valence electrons. The third-order valence-electron chi connectivity index (χ3n) is 3.46. The Bertz CT molecular complexity index is 1010. The van der Waals surface area contributed by atoms with Crippen molar-refractivity contribution in [3.8, 4) is 11.1 Å². The molecule has 25 heavy (non-hydrogen) atoms. The van der Waals surface area contributed by atoms with E-state index >= 15 is 0 Å². The number of carbonyl (C=O) groups is 1. The minimum Gasteiger partial charge on any atom is -0.321 e. The molecule has 1 amide bonds. The van der Waals surface area contributed by atoms with Crippen LogP contribution in [0, 0.1) is 0 Å². The van der Waals surface area contributed by atoms with Gasteiger partial charge in [0.1, 0.15) is 5.69 Å². The number of aromatic nitrogens is 2. The first-order chi connectivity index (χ1) is 11.8. The van der Waals surface area contributed by atoms with E-state index < -0.39 is 15.9 Å². The molecule has 9 heteroatoms. The summed E-state index contributed by atoms with van der Waals surface area (Å²) in [5.74, 6) is -0.411. The number of nitrogens with one attached hydrogen (secondary N) is 2. The van der Waals surface area contributed by atoms with Crippen LogP contribution in [0.4, 0.5) is 5.69 Å². The number of H-pyrrole nitrogens is 1. The van der Waals surface area contributed by atoms with E-state index in [1.807, 2.05) is 0 Å². The minimum absolute atomic E-state index is 0.0334. The first-order valence-electron chi connectivity index (χ1n) is 7.08. The molecule has 0 saturated carbocycles. The van der Waals surface area contributed by atoms with Crippen molar-refractivity contribution in [2.24, 2.45) is 5.14 Å². The topological polar surface area (TPSA) is 118 Å². The molecule has 1 aromatic heterocycles. The van der Waals surface area contributed by atoms with Crippen LogP contribution in [0.1, 0.15) is 10.5 Å². The Kier molecular flexibility index (Phi) is 4.58. The third-order valence-corrected chi connectivity index (χ3v) is 4.64. The highest BCUT2D eigenvalue weighted by Crippen LogP contribution is 2.24. The van der Waals surface area contributed by atoms with Gasteiger partial charge in [0.15, 0.2) is 0 Å². The molecule has 4 N–H and O–H groups in total. The molecule has 0 bridgehead atoms. The van der Waals surface area contributed by atoms with Gasteiger partial charge in [-0.1, -0.05) is 23.7 Å². The van der Waals surface area contributed by atoms with Crippen LogP contribution in [0.2, 0.25) is 5.02 Å². The second-order valence-electron chi connectivity index (χ2n) is 5.19. The number of hydrogen-bond donors (Lipinski definition) is 3. The molecule has 0 aliphatic rings. The van der Waals surface area contributed by atoms with Gasteiger partial charge in [-0.15, -0.1) is 0 Å². The van der Waals surface area contributed by atoms with Crippen LogP contribution in [-0.2, 0) is 10.0 Å². The normalized spacial score (nSPS) is 11.3. The Balaban J connectivity index is 1.83. The summed E-state index contributed by atoms with van der Waals surface area (Å²) in [5.41, 5.74) is 2.11. The van der Waals surface area contributed by atoms with Gasteiger partial charge in [0.05, 0.1) is 11.1 Å². The maximum atomic E-state index is 12.5. The Labute approximate surface area is 148 Å². The average molecular weight is 377 g/mol. The standard InChI is InChI=1S/C16H13ClN4O3S/c17-11-3-1-10(2-4-11)14-9-19-21-15(14)16(22)20-12-5-7-13(8-6-12)25(18,23)24/h1-9H,(H,19,21)(H,20,22)(H2,18,23,24). The summed E-state index contributed by atoms with van der Waals surface area (Å²) in [7, 11) is -3.78. The molecular weight excluding hydrogens is 364 g/mol. The summed E-state index contributed by atoms with van der Waals surface area (Å²) in [6.07, 6.45) is 1.54. The number of halogens is 1. The van der Waals surface area contributed by atoms with Crippen LogP contribution in [0.25, 0.3) is 11.1 Å². The lowest BCUT2D eigenvalue weighted by atomic mass is 10.1. The van der Waals surface area contributed by atoms with E-state index in [-0.39, 0.29) is 10.6 Å². The zero-order chi connectivity index (χ0) is 18.0. The summed E-state index contributed by atoms with van der Waals surface area (Å²) in [4.78, 5) is 12.4. The molecule has 0 aliphatic carbocycles. The van der Waals surface area contributed by atoms with Crippen molar-refractivity contribution in [3.05, 3.63) is 65.4 Å². The quantitative estimate of drug-likeness (QED) is 0.648. The van der Waals surface area contributed by atoms with Crippen molar-refractivity contribution in [2.75, 3.05) is 5.32 Å². The molecule has 0 fully saturated rings. The summed E-state index contributed by atoms with van der Waals surface area (Å²) < 4.78 is 22.5. The number of benzene rings is 2. The predicted octanol–water partition coefficient (Wildman–Crippen LogP) is 2.63. The van der Waals surface area contributed by atoms with Crippen molar-refractivity contribution in [1.29, 1.82) is 0 Å². The van der Waals surface area contributed by atoms with E-state index in [9.17, 15) is 13.2 Å². The summed E-state index contributed by atoms with van der Waals surface area (Å²) in [6, 6.07) is 12.5. The van der Waals surface area contributed by atoms with Crippen LogP contribution in [0.5, 0.6) is 0 Å². The highest BCUT2D eigenvalue weighted by molar-refractivity contribution is 7.89. The molecular formula is C16H13ClN4O3S. The lowest BCUT2D eigenvalue weighted by molar-refractivity contribution is 0.102. The first-order valence-corrected chi connectivity index (χ1v) is 9.00. The second-order valence-corrected chi connectivity index (χ2v) is 7.19. The van der Waals surface area contributed by atoms with Crippen LogP contribution in [0.15, 0.2) is 59.6 Å². The Morgan fingerprint density at radius 2 is 1.72 bits per heavy atom. The van der Waals surface area contributed by atoms with E-state index in [2.05, 4.69) is 15.5 Å². The smallest absolute Gasteiger partial charge is 0.274 e. The molecule has 0 unspecified atom stereocenters. The molecule has 7 nitrogen and oxygen atoms in total. The van der Waals surface area contributed by atoms with Crippen molar-refractivity contribution >= 4 is 33.2 Å². The fourth-order valence-corrected chi connectivity index (χ4v) is 2.87. The van der Waals surface area contributed by atoms with E-state index in [4.69, 9.17) is 16.7 Å². The van der Waals surface area contributed by atoms with Gasteiger partial charge in [-0.2, -0.15) is 5.10 Å². The number of aromatic amines is 1. The number of carbonyl (C=O) groups excluding carboxylic acids is 1. The summed E-state index contributed by atoms with van der Waals surface area (Å²) in [5, 5.41) is 14.9. The number of hydrogen-bond acceptors (Lipinski definition) is 4. The van der Waals surface area contributed by atoms with E-state index in [1.165, 1.54) is 24.3 Å². The predicted molar refractivity (Wildman–Crippen MR) is 94.8 cm³/mol. The van der Waals surface area contributed by atoms with Gasteiger partial charge in [0, 0.05) is 16.3 Å². The summed E-state index contributed by atoms with van der Waals surface area (Å²) >= 11 is 5.87. The fraction of sp³-hybridized carbons (Fsp3) is 0. The number of rotatable bonds is 4. The Morgan fingerprint density at radius 3 is 2.32 bits per heavy atom. The monoisotopic (exact) mass is 376 g/mol. The van der Waals surface area contributed by atoms with Crippen molar-refractivity contribution < 1.29 is 13.2 Å². The maximum Gasteiger partial charge on any atom is 0.274 e. The minimum atomic E-state index is -3.78. The molecule has 3 aromatic rings. The maximum absolute atomic E-state index is 12.5. The van der Waals surface area contributed by atoms with Gasteiger partial charge >= 0.3 is 0 Å². The van der Waals surface area contributed by atoms with Crippen molar-refractivity contribution in [3.63, 3.8) is 0 Å². The number of primary sulfonamides is 1. The van der Waals surface area contributed by atoms with Gasteiger partial charge in [-0.25, -0.2) is 13.6 Å². The van der Waals surface area contributed by atoms with Gasteiger partial charge < -0.3 is 5.32 Å². The summed E-state index contributed by atoms with van der Waals surface area (Å²) in [6.45, 7) is 0. The molecule has 3 rings (SSSR count). The Morgan fingerprint density at radius 1 is 1.08 bits per heavy atom. The third kappa shape index (κ3) is 3.87. The molecule has 0 radical (unpaired) electrons. The molecule has 0 saturated heterocycles. The molecule has 0 atom stereocenters. The number of amides is 1. The highest BCUT2D eigenvalue weighted by atomic mass is 35.5. The number of anilines is 1. The zero-order valence-corrected chi connectivity index (χ0v) is 14.3. The van der Waals surface area contributed by atoms with Crippen LogP contribution < -0.4 is 10.5 Å². The van der Waals surface area contributed by atoms with E-state index in [0.717, 1.165) is 5.56 Å². The Hall–Kier alpha value is -2.68. The highest BCUT2D eigenvalue weighted by Gasteiger charge is 2.16. The van der Waals surface area contributed by atoms with Crippen LogP contribution in [0.3, 0.4) is 0 Å². The second kappa shape index (κ2) is 6.67. The van der Waals surface area contributed by atoms with Gasteiger partial charge in [0.2, 0.25) is 10.0 Å². The molecule has 1 heterocycles. The fourth-order valence-electron chi connectivity index (χ4n) is 2.23. The van der Waals surface area contributed by atoms with Gasteiger partial charge in [0.25, 0.3) is 5.91 Å².